The second-order valence-corrected chi connectivity index (χ2v) is 4.93. The highest BCUT2D eigenvalue weighted by Crippen LogP contribution is 2.25. The molecule has 0 atom stereocenters. The van der Waals surface area contributed by atoms with Crippen LogP contribution in [0, 0.1) is 5.82 Å². The van der Waals surface area contributed by atoms with Crippen molar-refractivity contribution in [2.75, 3.05) is 11.9 Å². The molecule has 0 aliphatic rings. The molecule has 0 heterocycles. The molecule has 5 heteroatoms. The van der Waals surface area contributed by atoms with E-state index in [0.29, 0.717) is 13.1 Å². The highest BCUT2D eigenvalue weighted by Gasteiger charge is 2.16. The third-order valence-corrected chi connectivity index (χ3v) is 3.39. The maximum Gasteiger partial charge on any atom is 0.322 e. The summed E-state index contributed by atoms with van der Waals surface area (Å²) in [4.78, 5) is 13.8. The fourth-order valence-corrected chi connectivity index (χ4v) is 2.14. The van der Waals surface area contributed by atoms with Crippen LogP contribution in [0.3, 0.4) is 0 Å². The van der Waals surface area contributed by atoms with Crippen LogP contribution in [0.25, 0.3) is 0 Å². The molecule has 0 aliphatic carbocycles. The topological polar surface area (TPSA) is 32.3 Å². The van der Waals surface area contributed by atoms with Gasteiger partial charge in [0.1, 0.15) is 5.82 Å². The van der Waals surface area contributed by atoms with Gasteiger partial charge in [0.15, 0.2) is 0 Å². The lowest BCUT2D eigenvalue weighted by atomic mass is 10.2. The van der Waals surface area contributed by atoms with Crippen molar-refractivity contribution in [3.8, 4) is 0 Å². The summed E-state index contributed by atoms with van der Waals surface area (Å²) in [6, 6.07) is 13.5. The molecule has 0 aromatic heterocycles. The number of amides is 2. The molecule has 0 unspecified atom stereocenters. The fourth-order valence-electron chi connectivity index (χ4n) is 1.93. The lowest BCUT2D eigenvalue weighted by Gasteiger charge is -2.22. The Kier molecular flexibility index (Phi) is 5.17. The highest BCUT2D eigenvalue weighted by atomic mass is 35.5. The minimum absolute atomic E-state index is 0.00989. The van der Waals surface area contributed by atoms with Gasteiger partial charge < -0.3 is 10.2 Å². The van der Waals surface area contributed by atoms with Crippen LogP contribution in [0.5, 0.6) is 0 Å². The normalized spacial score (nSPS) is 10.2. The van der Waals surface area contributed by atoms with Crippen molar-refractivity contribution in [1.82, 2.24) is 4.90 Å². The molecule has 2 rings (SSSR count). The summed E-state index contributed by atoms with van der Waals surface area (Å²) in [6.45, 7) is 2.83. The summed E-state index contributed by atoms with van der Waals surface area (Å²) in [5.41, 5.74) is 1.02. The van der Waals surface area contributed by atoms with Crippen LogP contribution >= 0.6 is 11.6 Å². The number of nitrogens with zero attached hydrogens (tertiary/aromatic N) is 1. The number of urea groups is 1. The molecule has 3 nitrogen and oxygen atoms in total. The second-order valence-electron chi connectivity index (χ2n) is 4.53. The standard InChI is InChI=1S/C16H16ClFN2O/c1-2-20(11-12-7-4-3-5-8-12)16(21)19-15-13(17)9-6-10-14(15)18/h3-10H,2,11H2,1H3,(H,19,21). The van der Waals surface area contributed by atoms with Gasteiger partial charge in [-0.2, -0.15) is 0 Å². The zero-order chi connectivity index (χ0) is 15.2. The fraction of sp³-hybridized carbons (Fsp3) is 0.188. The number of halogens is 2. The summed E-state index contributed by atoms with van der Waals surface area (Å²) in [6.07, 6.45) is 0. The lowest BCUT2D eigenvalue weighted by Crippen LogP contribution is -2.34. The Morgan fingerprint density at radius 1 is 1.19 bits per heavy atom. The van der Waals surface area contributed by atoms with Crippen molar-refractivity contribution in [1.29, 1.82) is 0 Å². The van der Waals surface area contributed by atoms with E-state index in [1.165, 1.54) is 18.2 Å². The Hall–Kier alpha value is -2.07. The first-order valence-corrected chi connectivity index (χ1v) is 7.03. The van der Waals surface area contributed by atoms with Crippen molar-refractivity contribution in [2.45, 2.75) is 13.5 Å². The molecule has 2 aromatic carbocycles. The summed E-state index contributed by atoms with van der Waals surface area (Å²) in [5.74, 6) is -0.549. The van der Waals surface area contributed by atoms with Crippen LogP contribution in [-0.2, 0) is 6.54 Å². The Balaban J connectivity index is 2.10. The van der Waals surface area contributed by atoms with Crippen LogP contribution in [0.4, 0.5) is 14.9 Å². The second kappa shape index (κ2) is 7.09. The Morgan fingerprint density at radius 2 is 1.90 bits per heavy atom. The Labute approximate surface area is 128 Å². The van der Waals surface area contributed by atoms with Gasteiger partial charge in [-0.05, 0) is 24.6 Å². The SMILES string of the molecule is CCN(Cc1ccccc1)C(=O)Nc1c(F)cccc1Cl. The molecule has 21 heavy (non-hydrogen) atoms. The number of hydrogen-bond acceptors (Lipinski definition) is 1. The number of benzene rings is 2. The average molecular weight is 307 g/mol. The quantitative estimate of drug-likeness (QED) is 0.884. The molecule has 2 aromatic rings. The van der Waals surface area contributed by atoms with Gasteiger partial charge in [-0.3, -0.25) is 0 Å². The van der Waals surface area contributed by atoms with E-state index in [0.717, 1.165) is 5.56 Å². The van der Waals surface area contributed by atoms with Gasteiger partial charge in [0, 0.05) is 13.1 Å². The average Bonchev–Trinajstić information content (AvgIpc) is 2.49. The van der Waals surface area contributed by atoms with Crippen molar-refractivity contribution < 1.29 is 9.18 Å². The smallest absolute Gasteiger partial charge is 0.320 e. The first-order chi connectivity index (χ1) is 10.1. The molecule has 110 valence electrons. The Morgan fingerprint density at radius 3 is 2.52 bits per heavy atom. The first-order valence-electron chi connectivity index (χ1n) is 6.65. The van der Waals surface area contributed by atoms with Gasteiger partial charge in [0.05, 0.1) is 10.7 Å². The molecule has 0 radical (unpaired) electrons. The molecule has 0 bridgehead atoms. The zero-order valence-corrected chi connectivity index (χ0v) is 12.4. The van der Waals surface area contributed by atoms with Crippen molar-refractivity contribution in [2.24, 2.45) is 0 Å². The van der Waals surface area contributed by atoms with E-state index in [9.17, 15) is 9.18 Å². The number of anilines is 1. The van der Waals surface area contributed by atoms with E-state index in [1.807, 2.05) is 37.3 Å². The molecule has 2 amide bonds. The van der Waals surface area contributed by atoms with Crippen LogP contribution in [-0.4, -0.2) is 17.5 Å². The lowest BCUT2D eigenvalue weighted by molar-refractivity contribution is 0.212. The first kappa shape index (κ1) is 15.3. The molecule has 0 saturated heterocycles. The third-order valence-electron chi connectivity index (χ3n) is 3.08. The molecule has 1 N–H and O–H groups in total. The van der Waals surface area contributed by atoms with Gasteiger partial charge >= 0.3 is 6.03 Å². The monoisotopic (exact) mass is 306 g/mol. The maximum atomic E-state index is 13.7. The van der Waals surface area contributed by atoms with E-state index in [2.05, 4.69) is 5.32 Å². The predicted octanol–water partition coefficient (Wildman–Crippen LogP) is 4.53. The summed E-state index contributed by atoms with van der Waals surface area (Å²) in [7, 11) is 0. The van der Waals surface area contributed by atoms with E-state index in [4.69, 9.17) is 11.6 Å². The summed E-state index contributed by atoms with van der Waals surface area (Å²) >= 11 is 5.91. The van der Waals surface area contributed by atoms with Crippen molar-refractivity contribution >= 4 is 23.3 Å². The van der Waals surface area contributed by atoms with E-state index in [1.54, 1.807) is 4.90 Å². The van der Waals surface area contributed by atoms with Crippen LogP contribution < -0.4 is 5.32 Å². The van der Waals surface area contributed by atoms with Gasteiger partial charge in [0.2, 0.25) is 0 Å². The summed E-state index contributed by atoms with van der Waals surface area (Å²) < 4.78 is 13.7. The van der Waals surface area contributed by atoms with Crippen LogP contribution in [0.15, 0.2) is 48.5 Å². The maximum absolute atomic E-state index is 13.7. The van der Waals surface area contributed by atoms with Gasteiger partial charge in [-0.15, -0.1) is 0 Å². The highest BCUT2D eigenvalue weighted by molar-refractivity contribution is 6.33. The van der Waals surface area contributed by atoms with E-state index in [-0.39, 0.29) is 16.7 Å². The predicted molar refractivity (Wildman–Crippen MR) is 83.0 cm³/mol. The largest absolute Gasteiger partial charge is 0.322 e. The van der Waals surface area contributed by atoms with E-state index >= 15 is 0 Å². The van der Waals surface area contributed by atoms with Crippen molar-refractivity contribution in [3.63, 3.8) is 0 Å². The van der Waals surface area contributed by atoms with Gasteiger partial charge in [-0.25, -0.2) is 9.18 Å². The number of carbonyl (C=O) groups is 1. The van der Waals surface area contributed by atoms with Gasteiger partial charge in [-0.1, -0.05) is 48.0 Å². The number of nitrogens with one attached hydrogen (secondary N) is 1. The molecular formula is C16H16ClFN2O. The van der Waals surface area contributed by atoms with Crippen molar-refractivity contribution in [3.05, 3.63) is 64.9 Å². The zero-order valence-electron chi connectivity index (χ0n) is 11.6. The van der Waals surface area contributed by atoms with E-state index < -0.39 is 5.82 Å². The minimum Gasteiger partial charge on any atom is -0.320 e. The molecule has 0 aliphatic heterocycles. The van der Waals surface area contributed by atoms with Crippen LogP contribution in [0.1, 0.15) is 12.5 Å². The molecular weight excluding hydrogens is 291 g/mol. The van der Waals surface area contributed by atoms with Crippen LogP contribution in [0.2, 0.25) is 5.02 Å². The summed E-state index contributed by atoms with van der Waals surface area (Å²) in [5, 5.41) is 2.71. The number of hydrogen-bond donors (Lipinski definition) is 1. The molecule has 0 spiro atoms. The number of para-hydroxylation sites is 1. The number of rotatable bonds is 4. The third kappa shape index (κ3) is 3.95. The van der Waals surface area contributed by atoms with Gasteiger partial charge in [0.25, 0.3) is 0 Å². The minimum atomic E-state index is -0.549. The molecule has 0 fully saturated rings. The number of carbonyl (C=O) groups excluding carboxylic acids is 1. The molecule has 0 saturated carbocycles. The Bertz CT molecular complexity index is 599.